The van der Waals surface area contributed by atoms with Crippen molar-refractivity contribution in [2.24, 2.45) is 0 Å². The maximum Gasteiger partial charge on any atom is 0.254 e. The minimum absolute atomic E-state index is 0.0489. The number of fused-ring (bicyclic) bond motifs is 1. The Hall–Kier alpha value is -2.23. The monoisotopic (exact) mass is 433 g/mol. The van der Waals surface area contributed by atoms with E-state index in [1.165, 1.54) is 26.9 Å². The van der Waals surface area contributed by atoms with Crippen molar-refractivity contribution in [3.05, 3.63) is 51.7 Å². The highest BCUT2D eigenvalue weighted by atomic mass is 32.2. The summed E-state index contributed by atoms with van der Waals surface area (Å²) >= 11 is 1.73. The van der Waals surface area contributed by atoms with Crippen molar-refractivity contribution < 1.29 is 18.0 Å². The van der Waals surface area contributed by atoms with E-state index in [-0.39, 0.29) is 35.8 Å². The van der Waals surface area contributed by atoms with Gasteiger partial charge < -0.3 is 10.2 Å². The molecule has 1 atom stereocenters. The summed E-state index contributed by atoms with van der Waals surface area (Å²) in [6.07, 6.45) is 1.68. The fourth-order valence-corrected chi connectivity index (χ4v) is 6.31. The zero-order valence-corrected chi connectivity index (χ0v) is 17.8. The highest BCUT2D eigenvalue weighted by Crippen LogP contribution is 2.36. The van der Waals surface area contributed by atoms with Crippen LogP contribution in [0, 0.1) is 0 Å². The van der Waals surface area contributed by atoms with Gasteiger partial charge in [-0.2, -0.15) is 4.31 Å². The van der Waals surface area contributed by atoms with Crippen molar-refractivity contribution in [2.75, 3.05) is 26.2 Å². The molecule has 0 spiro atoms. The number of hydrogen-bond donors (Lipinski definition) is 1. The van der Waals surface area contributed by atoms with Crippen LogP contribution >= 0.6 is 11.3 Å². The molecule has 0 aliphatic carbocycles. The average molecular weight is 434 g/mol. The van der Waals surface area contributed by atoms with Gasteiger partial charge >= 0.3 is 0 Å². The molecule has 4 rings (SSSR count). The first kappa shape index (κ1) is 20.1. The van der Waals surface area contributed by atoms with Crippen LogP contribution in [-0.2, 0) is 21.2 Å². The molecule has 2 aliphatic heterocycles. The standard InChI is InChI=1S/C20H23N3O4S2/c1-2-17-16-8-12-28-18(16)7-10-23(17)20(25)14-3-5-15(6-4-14)29(26,27)22-11-9-21-19(24)13-22/h3-6,8,12,17H,2,7,9-11,13H2,1H3,(H,21,24). The first-order chi connectivity index (χ1) is 13.9. The fourth-order valence-electron chi connectivity index (χ4n) is 3.98. The predicted molar refractivity (Wildman–Crippen MR) is 110 cm³/mol. The van der Waals surface area contributed by atoms with Gasteiger partial charge in [-0.3, -0.25) is 9.59 Å². The molecule has 2 amide bonds. The summed E-state index contributed by atoms with van der Waals surface area (Å²) in [7, 11) is -3.76. The van der Waals surface area contributed by atoms with Crippen LogP contribution in [0.15, 0.2) is 40.6 Å². The minimum atomic E-state index is -3.76. The van der Waals surface area contributed by atoms with Crippen molar-refractivity contribution in [3.8, 4) is 0 Å². The van der Waals surface area contributed by atoms with E-state index in [9.17, 15) is 18.0 Å². The molecule has 9 heteroatoms. The maximum absolute atomic E-state index is 13.1. The van der Waals surface area contributed by atoms with Gasteiger partial charge in [0.25, 0.3) is 5.91 Å². The Kier molecular flexibility index (Phi) is 5.46. The molecule has 3 heterocycles. The van der Waals surface area contributed by atoms with Crippen molar-refractivity contribution in [1.82, 2.24) is 14.5 Å². The summed E-state index contributed by atoms with van der Waals surface area (Å²) in [4.78, 5) is 28.0. The van der Waals surface area contributed by atoms with Crippen LogP contribution in [0.1, 0.15) is 40.2 Å². The molecule has 154 valence electrons. The minimum Gasteiger partial charge on any atom is -0.354 e. The van der Waals surface area contributed by atoms with Crippen LogP contribution in [0.5, 0.6) is 0 Å². The van der Waals surface area contributed by atoms with Gasteiger partial charge in [0.2, 0.25) is 15.9 Å². The zero-order valence-electron chi connectivity index (χ0n) is 16.1. The Morgan fingerprint density at radius 2 is 1.97 bits per heavy atom. The maximum atomic E-state index is 13.1. The van der Waals surface area contributed by atoms with Gasteiger partial charge in [-0.25, -0.2) is 8.42 Å². The molecule has 2 aromatic rings. The molecule has 1 N–H and O–H groups in total. The second kappa shape index (κ2) is 7.89. The SMILES string of the molecule is CCC1c2ccsc2CCN1C(=O)c1ccc(S(=O)(=O)N2CCNC(=O)C2)cc1. The number of benzene rings is 1. The van der Waals surface area contributed by atoms with Crippen molar-refractivity contribution in [1.29, 1.82) is 0 Å². The lowest BCUT2D eigenvalue weighted by Gasteiger charge is -2.35. The van der Waals surface area contributed by atoms with E-state index in [4.69, 9.17) is 0 Å². The number of nitrogens with zero attached hydrogens (tertiary/aromatic N) is 2. The number of carbonyl (C=O) groups is 2. The van der Waals surface area contributed by atoms with Crippen molar-refractivity contribution >= 4 is 33.2 Å². The number of hydrogen-bond acceptors (Lipinski definition) is 5. The van der Waals surface area contributed by atoms with E-state index in [0.717, 1.165) is 12.8 Å². The number of nitrogens with one attached hydrogen (secondary N) is 1. The van der Waals surface area contributed by atoms with E-state index in [0.29, 0.717) is 18.7 Å². The Balaban J connectivity index is 1.55. The van der Waals surface area contributed by atoms with Gasteiger partial charge in [-0.05, 0) is 54.1 Å². The molecule has 1 fully saturated rings. The van der Waals surface area contributed by atoms with Crippen LogP contribution in [0.3, 0.4) is 0 Å². The topological polar surface area (TPSA) is 86.8 Å². The summed E-state index contributed by atoms with van der Waals surface area (Å²) in [6, 6.07) is 8.18. The molecule has 1 aromatic heterocycles. The van der Waals surface area contributed by atoms with E-state index in [1.54, 1.807) is 23.5 Å². The van der Waals surface area contributed by atoms with Crippen LogP contribution in [-0.4, -0.2) is 55.6 Å². The third-order valence-corrected chi connectivity index (χ3v) is 8.34. The molecule has 1 aromatic carbocycles. The Morgan fingerprint density at radius 1 is 1.21 bits per heavy atom. The summed E-state index contributed by atoms with van der Waals surface area (Å²) in [5.41, 5.74) is 1.69. The highest BCUT2D eigenvalue weighted by Gasteiger charge is 2.32. The molecule has 29 heavy (non-hydrogen) atoms. The second-order valence-corrected chi connectivity index (χ2v) is 10.1. The summed E-state index contributed by atoms with van der Waals surface area (Å²) in [5.74, 6) is -0.398. The molecule has 2 aliphatic rings. The fraction of sp³-hybridized carbons (Fsp3) is 0.400. The Morgan fingerprint density at radius 3 is 2.66 bits per heavy atom. The van der Waals surface area contributed by atoms with Crippen LogP contribution in [0.25, 0.3) is 0 Å². The second-order valence-electron chi connectivity index (χ2n) is 7.18. The molecular formula is C20H23N3O4S2. The number of piperazine rings is 1. The summed E-state index contributed by atoms with van der Waals surface area (Å²) in [6.45, 7) is 3.09. The van der Waals surface area contributed by atoms with Crippen molar-refractivity contribution in [3.63, 3.8) is 0 Å². The normalized spacial score (nSPS) is 20.2. The van der Waals surface area contributed by atoms with Gasteiger partial charge in [0, 0.05) is 30.1 Å². The molecule has 1 unspecified atom stereocenters. The van der Waals surface area contributed by atoms with Crippen LogP contribution in [0.4, 0.5) is 0 Å². The molecule has 0 bridgehead atoms. The smallest absolute Gasteiger partial charge is 0.254 e. The third-order valence-electron chi connectivity index (χ3n) is 5.48. The average Bonchev–Trinajstić information content (AvgIpc) is 3.21. The van der Waals surface area contributed by atoms with Gasteiger partial charge in [0.1, 0.15) is 0 Å². The third kappa shape index (κ3) is 3.70. The van der Waals surface area contributed by atoms with Gasteiger partial charge in [-0.1, -0.05) is 6.92 Å². The molecule has 0 radical (unpaired) electrons. The quantitative estimate of drug-likeness (QED) is 0.799. The molecule has 7 nitrogen and oxygen atoms in total. The number of sulfonamides is 1. The first-order valence-corrected chi connectivity index (χ1v) is 12.0. The summed E-state index contributed by atoms with van der Waals surface area (Å²) < 4.78 is 26.7. The lowest BCUT2D eigenvalue weighted by atomic mass is 9.97. The number of amides is 2. The van der Waals surface area contributed by atoms with E-state index in [2.05, 4.69) is 23.7 Å². The van der Waals surface area contributed by atoms with E-state index < -0.39 is 10.0 Å². The predicted octanol–water partition coefficient (Wildman–Crippen LogP) is 2.02. The Bertz CT molecular complexity index is 1030. The van der Waals surface area contributed by atoms with Gasteiger partial charge in [0.15, 0.2) is 0 Å². The highest BCUT2D eigenvalue weighted by molar-refractivity contribution is 7.89. The number of rotatable bonds is 4. The lowest BCUT2D eigenvalue weighted by Crippen LogP contribution is -2.49. The first-order valence-electron chi connectivity index (χ1n) is 9.66. The van der Waals surface area contributed by atoms with Gasteiger partial charge in [-0.15, -0.1) is 11.3 Å². The van der Waals surface area contributed by atoms with Gasteiger partial charge in [0.05, 0.1) is 17.5 Å². The number of carbonyl (C=O) groups excluding carboxylic acids is 2. The number of thiophene rings is 1. The van der Waals surface area contributed by atoms with Crippen molar-refractivity contribution in [2.45, 2.75) is 30.7 Å². The van der Waals surface area contributed by atoms with E-state index >= 15 is 0 Å². The molecule has 0 saturated carbocycles. The molecular weight excluding hydrogens is 410 g/mol. The summed E-state index contributed by atoms with van der Waals surface area (Å²) in [5, 5.41) is 4.69. The van der Waals surface area contributed by atoms with Crippen LogP contribution in [0.2, 0.25) is 0 Å². The zero-order chi connectivity index (χ0) is 20.6. The van der Waals surface area contributed by atoms with E-state index in [1.807, 2.05) is 4.90 Å². The molecule has 1 saturated heterocycles. The largest absolute Gasteiger partial charge is 0.354 e. The Labute approximate surface area is 174 Å². The lowest BCUT2D eigenvalue weighted by molar-refractivity contribution is -0.122. The van der Waals surface area contributed by atoms with Crippen LogP contribution < -0.4 is 5.32 Å².